The Labute approximate surface area is 210 Å². The Morgan fingerprint density at radius 2 is 1.86 bits per heavy atom. The SMILES string of the molecule is COc1cc(OC)cc(N(CCCN)c2ccc3ncc(-c4cnn(C5CCCCO5)c4)nc3c2)c1. The molecule has 9 nitrogen and oxygen atoms in total. The van der Waals surface area contributed by atoms with Crippen LogP contribution in [-0.4, -0.2) is 53.7 Å². The molecule has 0 saturated carbocycles. The summed E-state index contributed by atoms with van der Waals surface area (Å²) in [4.78, 5) is 11.8. The quantitative estimate of drug-likeness (QED) is 0.362. The number of hydrogen-bond donors (Lipinski definition) is 1. The molecule has 9 heteroatoms. The van der Waals surface area contributed by atoms with E-state index in [0.717, 1.165) is 84.0 Å². The molecule has 2 N–H and O–H groups in total. The van der Waals surface area contributed by atoms with Crippen molar-refractivity contribution < 1.29 is 14.2 Å². The van der Waals surface area contributed by atoms with Crippen LogP contribution in [0.25, 0.3) is 22.3 Å². The summed E-state index contributed by atoms with van der Waals surface area (Å²) in [5.74, 6) is 1.45. The Morgan fingerprint density at radius 3 is 2.58 bits per heavy atom. The fourth-order valence-corrected chi connectivity index (χ4v) is 4.47. The van der Waals surface area contributed by atoms with Crippen molar-refractivity contribution in [3.05, 3.63) is 55.0 Å². The van der Waals surface area contributed by atoms with Crippen molar-refractivity contribution in [2.75, 3.05) is 38.8 Å². The van der Waals surface area contributed by atoms with Crippen LogP contribution in [0.1, 0.15) is 31.9 Å². The monoisotopic (exact) mass is 488 g/mol. The molecule has 1 atom stereocenters. The Kier molecular flexibility index (Phi) is 7.29. The number of nitrogens with zero attached hydrogens (tertiary/aromatic N) is 5. The minimum Gasteiger partial charge on any atom is -0.497 e. The lowest BCUT2D eigenvalue weighted by Gasteiger charge is -2.26. The number of hydrogen-bond acceptors (Lipinski definition) is 8. The highest BCUT2D eigenvalue weighted by Crippen LogP contribution is 2.34. The molecule has 1 aliphatic rings. The van der Waals surface area contributed by atoms with E-state index in [1.54, 1.807) is 20.4 Å². The summed E-state index contributed by atoms with van der Waals surface area (Å²) >= 11 is 0. The third-order valence-electron chi connectivity index (χ3n) is 6.42. The van der Waals surface area contributed by atoms with Gasteiger partial charge in [0, 0.05) is 54.5 Å². The second-order valence-electron chi connectivity index (χ2n) is 8.82. The zero-order chi connectivity index (χ0) is 24.9. The van der Waals surface area contributed by atoms with Crippen LogP contribution in [0.4, 0.5) is 11.4 Å². The standard InChI is InChI=1S/C27H32N6O3/c1-34-22-12-21(13-23(15-22)35-2)32(10-5-9-28)20-7-8-24-25(14-20)31-26(17-29-24)19-16-30-33(18-19)27-6-3-4-11-36-27/h7-8,12-18,27H,3-6,9-11,28H2,1-2H3. The zero-order valence-electron chi connectivity index (χ0n) is 20.8. The van der Waals surface area contributed by atoms with Gasteiger partial charge in [0.05, 0.1) is 43.3 Å². The average Bonchev–Trinajstić information content (AvgIpc) is 3.43. The zero-order valence-corrected chi connectivity index (χ0v) is 20.8. The lowest BCUT2D eigenvalue weighted by atomic mass is 10.1. The molecule has 36 heavy (non-hydrogen) atoms. The van der Waals surface area contributed by atoms with E-state index >= 15 is 0 Å². The molecule has 0 spiro atoms. The van der Waals surface area contributed by atoms with E-state index in [4.69, 9.17) is 24.9 Å². The third kappa shape index (κ3) is 5.12. The molecule has 188 valence electrons. The summed E-state index contributed by atoms with van der Waals surface area (Å²) < 4.78 is 18.8. The number of aromatic nitrogens is 4. The molecule has 0 aliphatic carbocycles. The van der Waals surface area contributed by atoms with Crippen molar-refractivity contribution in [2.45, 2.75) is 31.9 Å². The second-order valence-corrected chi connectivity index (χ2v) is 8.82. The fourth-order valence-electron chi connectivity index (χ4n) is 4.47. The van der Waals surface area contributed by atoms with Gasteiger partial charge in [0.25, 0.3) is 0 Å². The van der Waals surface area contributed by atoms with Gasteiger partial charge in [-0.25, -0.2) is 9.67 Å². The first-order chi connectivity index (χ1) is 17.7. The summed E-state index contributed by atoms with van der Waals surface area (Å²) in [7, 11) is 3.30. The molecule has 1 fully saturated rings. The van der Waals surface area contributed by atoms with Gasteiger partial charge in [-0.15, -0.1) is 0 Å². The lowest BCUT2D eigenvalue weighted by molar-refractivity contribution is -0.0394. The molecule has 5 rings (SSSR count). The van der Waals surface area contributed by atoms with Crippen LogP contribution in [0.2, 0.25) is 0 Å². The Balaban J connectivity index is 1.49. The van der Waals surface area contributed by atoms with Crippen molar-refractivity contribution >= 4 is 22.4 Å². The number of fused-ring (bicyclic) bond motifs is 1. The number of methoxy groups -OCH3 is 2. The minimum atomic E-state index is -0.0107. The first-order valence-electron chi connectivity index (χ1n) is 12.3. The van der Waals surface area contributed by atoms with E-state index < -0.39 is 0 Å². The molecule has 0 amide bonds. The number of anilines is 2. The van der Waals surface area contributed by atoms with Crippen LogP contribution in [0.5, 0.6) is 11.5 Å². The van der Waals surface area contributed by atoms with Crippen molar-refractivity contribution in [1.29, 1.82) is 0 Å². The highest BCUT2D eigenvalue weighted by atomic mass is 16.5. The smallest absolute Gasteiger partial charge is 0.150 e. The number of ether oxygens (including phenoxy) is 3. The predicted octanol–water partition coefficient (Wildman–Crippen LogP) is 4.70. The third-order valence-corrected chi connectivity index (χ3v) is 6.42. The molecular formula is C27H32N6O3. The van der Waals surface area contributed by atoms with E-state index in [1.807, 2.05) is 41.3 Å². The average molecular weight is 489 g/mol. The number of nitrogens with two attached hydrogens (primary N) is 1. The Bertz CT molecular complexity index is 1300. The van der Waals surface area contributed by atoms with Crippen LogP contribution in [0, 0.1) is 0 Å². The van der Waals surface area contributed by atoms with Crippen LogP contribution < -0.4 is 20.1 Å². The normalized spacial score (nSPS) is 15.7. The van der Waals surface area contributed by atoms with Gasteiger partial charge in [-0.3, -0.25) is 4.98 Å². The van der Waals surface area contributed by atoms with Crippen molar-refractivity contribution in [3.63, 3.8) is 0 Å². The van der Waals surface area contributed by atoms with Gasteiger partial charge in [-0.2, -0.15) is 5.10 Å². The van der Waals surface area contributed by atoms with E-state index in [9.17, 15) is 0 Å². The Morgan fingerprint density at radius 1 is 1.03 bits per heavy atom. The molecule has 2 aromatic heterocycles. The topological polar surface area (TPSA) is 101 Å². The van der Waals surface area contributed by atoms with Crippen molar-refractivity contribution in [2.24, 2.45) is 5.73 Å². The predicted molar refractivity (Wildman–Crippen MR) is 140 cm³/mol. The molecule has 3 heterocycles. The maximum Gasteiger partial charge on any atom is 0.150 e. The van der Waals surface area contributed by atoms with Gasteiger partial charge in [-0.1, -0.05) is 0 Å². The van der Waals surface area contributed by atoms with Gasteiger partial charge < -0.3 is 24.8 Å². The van der Waals surface area contributed by atoms with Gasteiger partial charge in [0.2, 0.25) is 0 Å². The van der Waals surface area contributed by atoms with E-state index in [2.05, 4.69) is 27.1 Å². The van der Waals surface area contributed by atoms with Gasteiger partial charge >= 0.3 is 0 Å². The second kappa shape index (κ2) is 10.9. The van der Waals surface area contributed by atoms with Crippen LogP contribution in [0.15, 0.2) is 55.0 Å². The molecule has 0 bridgehead atoms. The first-order valence-corrected chi connectivity index (χ1v) is 12.3. The summed E-state index contributed by atoms with van der Waals surface area (Å²) in [6.45, 7) is 2.10. The van der Waals surface area contributed by atoms with Crippen LogP contribution in [-0.2, 0) is 4.74 Å². The van der Waals surface area contributed by atoms with Crippen molar-refractivity contribution in [3.8, 4) is 22.8 Å². The highest BCUT2D eigenvalue weighted by Gasteiger charge is 2.18. The van der Waals surface area contributed by atoms with E-state index in [-0.39, 0.29) is 6.23 Å². The van der Waals surface area contributed by atoms with Crippen molar-refractivity contribution in [1.82, 2.24) is 19.7 Å². The van der Waals surface area contributed by atoms with Gasteiger partial charge in [-0.05, 0) is 50.4 Å². The molecule has 4 aromatic rings. The maximum atomic E-state index is 5.86. The fraction of sp³-hybridized carbons (Fsp3) is 0.370. The van der Waals surface area contributed by atoms with Crippen LogP contribution in [0.3, 0.4) is 0 Å². The number of rotatable bonds is 9. The summed E-state index contributed by atoms with van der Waals surface area (Å²) in [5.41, 5.74) is 11.1. The lowest BCUT2D eigenvalue weighted by Crippen LogP contribution is -2.21. The molecule has 0 radical (unpaired) electrons. The van der Waals surface area contributed by atoms with Crippen LogP contribution >= 0.6 is 0 Å². The Hall–Kier alpha value is -3.69. The molecule has 1 aliphatic heterocycles. The van der Waals surface area contributed by atoms with Gasteiger partial charge in [0.15, 0.2) is 0 Å². The molecule has 2 aromatic carbocycles. The van der Waals surface area contributed by atoms with E-state index in [0.29, 0.717) is 6.54 Å². The molecular weight excluding hydrogens is 456 g/mol. The minimum absolute atomic E-state index is 0.0107. The largest absolute Gasteiger partial charge is 0.497 e. The summed E-state index contributed by atoms with van der Waals surface area (Å²) in [5, 5.41) is 4.53. The summed E-state index contributed by atoms with van der Waals surface area (Å²) in [6, 6.07) is 12.0. The maximum absolute atomic E-state index is 5.86. The van der Waals surface area contributed by atoms with Gasteiger partial charge in [0.1, 0.15) is 17.7 Å². The van der Waals surface area contributed by atoms with E-state index in [1.165, 1.54) is 0 Å². The number of benzene rings is 2. The first kappa shape index (κ1) is 24.0. The molecule has 1 saturated heterocycles. The summed E-state index contributed by atoms with van der Waals surface area (Å²) in [6.07, 6.45) is 9.66. The highest BCUT2D eigenvalue weighted by molar-refractivity contribution is 5.82. The molecule has 1 unspecified atom stereocenters.